The second kappa shape index (κ2) is 7.06. The lowest BCUT2D eigenvalue weighted by atomic mass is 9.94. The minimum absolute atomic E-state index is 0.0958. The summed E-state index contributed by atoms with van der Waals surface area (Å²) in [6.07, 6.45) is 3.74. The predicted octanol–water partition coefficient (Wildman–Crippen LogP) is 6.08. The van der Waals surface area contributed by atoms with Crippen LogP contribution in [0.25, 0.3) is 21.0 Å². The normalized spacial score (nSPS) is 15.7. The van der Waals surface area contributed by atoms with Gasteiger partial charge in [-0.15, -0.1) is 11.3 Å². The molecule has 0 saturated heterocycles. The summed E-state index contributed by atoms with van der Waals surface area (Å²) in [6, 6.07) is 8.76. The van der Waals surface area contributed by atoms with Gasteiger partial charge in [-0.25, -0.2) is 9.37 Å². The Labute approximate surface area is 165 Å². The van der Waals surface area contributed by atoms with Gasteiger partial charge >= 0.3 is 5.97 Å². The van der Waals surface area contributed by atoms with E-state index in [1.54, 1.807) is 18.3 Å². The highest BCUT2D eigenvalue weighted by molar-refractivity contribution is 7.18. The van der Waals surface area contributed by atoms with E-state index in [0.717, 1.165) is 39.4 Å². The van der Waals surface area contributed by atoms with Crippen molar-refractivity contribution in [2.45, 2.75) is 32.1 Å². The number of aliphatic carboxylic acids is 1. The summed E-state index contributed by atoms with van der Waals surface area (Å²) in [5.74, 6) is -1.09. The average Bonchev–Trinajstić information content (AvgIpc) is 3.25. The van der Waals surface area contributed by atoms with Gasteiger partial charge in [0.1, 0.15) is 10.8 Å². The molecule has 1 aliphatic rings. The monoisotopic (exact) mass is 401 g/mol. The van der Waals surface area contributed by atoms with E-state index in [2.05, 4.69) is 11.9 Å². The molecule has 1 aliphatic carbocycles. The van der Waals surface area contributed by atoms with Crippen molar-refractivity contribution in [2.75, 3.05) is 0 Å². The minimum atomic E-state index is -0.753. The summed E-state index contributed by atoms with van der Waals surface area (Å²) < 4.78 is 13.4. The van der Waals surface area contributed by atoms with Gasteiger partial charge in [0.2, 0.25) is 0 Å². The average molecular weight is 402 g/mol. The number of hydrogen-bond acceptors (Lipinski definition) is 3. The van der Waals surface area contributed by atoms with Gasteiger partial charge in [-0.05, 0) is 60.1 Å². The summed E-state index contributed by atoms with van der Waals surface area (Å²) in [5.41, 5.74) is 5.47. The van der Waals surface area contributed by atoms with E-state index in [4.69, 9.17) is 16.7 Å². The summed E-state index contributed by atoms with van der Waals surface area (Å²) in [5, 5.41) is 10.1. The van der Waals surface area contributed by atoms with Gasteiger partial charge in [-0.3, -0.25) is 4.79 Å². The first kappa shape index (κ1) is 18.1. The van der Waals surface area contributed by atoms with Crippen molar-refractivity contribution in [1.82, 2.24) is 4.98 Å². The number of nitrogens with zero attached hydrogens (tertiary/aromatic N) is 1. The molecule has 138 valence electrons. The van der Waals surface area contributed by atoms with E-state index in [9.17, 15) is 9.18 Å². The van der Waals surface area contributed by atoms with Crippen molar-refractivity contribution in [3.05, 3.63) is 64.1 Å². The summed E-state index contributed by atoms with van der Waals surface area (Å²) in [7, 11) is 0. The lowest BCUT2D eigenvalue weighted by Gasteiger charge is -2.12. The molecule has 1 heterocycles. The van der Waals surface area contributed by atoms with E-state index in [1.165, 1.54) is 28.5 Å². The fourth-order valence-electron chi connectivity index (χ4n) is 3.80. The van der Waals surface area contributed by atoms with Gasteiger partial charge in [0.05, 0.1) is 16.3 Å². The Morgan fingerprint density at radius 3 is 2.93 bits per heavy atom. The number of carbonyl (C=O) groups is 1. The molecule has 0 radical (unpaired) electrons. The molecule has 4 rings (SSSR count). The highest BCUT2D eigenvalue weighted by Gasteiger charge is 2.27. The highest BCUT2D eigenvalue weighted by Crippen LogP contribution is 2.42. The number of aromatic nitrogens is 1. The quantitative estimate of drug-likeness (QED) is 0.576. The van der Waals surface area contributed by atoms with E-state index in [0.29, 0.717) is 0 Å². The third kappa shape index (κ3) is 3.37. The summed E-state index contributed by atoms with van der Waals surface area (Å²) >= 11 is 7.43. The van der Waals surface area contributed by atoms with Crippen LogP contribution in [-0.2, 0) is 11.2 Å². The van der Waals surface area contributed by atoms with Gasteiger partial charge < -0.3 is 5.11 Å². The molecule has 3 aromatic rings. The standard InChI is InChI=1S/C21H17ClFNO2S/c1-11-14-4-2-12(9-20(25)26)16(14)6-5-15(11)21-24-10-19(27-21)13-3-7-18(23)17(22)8-13/h3,5-8,10,12H,2,4,9H2,1H3,(H,25,26). The SMILES string of the molecule is Cc1c(-c2ncc(-c3ccc(F)c(Cl)c3)s2)ccc2c1CCC2CC(=O)O. The van der Waals surface area contributed by atoms with Crippen molar-refractivity contribution in [2.24, 2.45) is 0 Å². The van der Waals surface area contributed by atoms with Crippen LogP contribution in [0.1, 0.15) is 35.4 Å². The summed E-state index contributed by atoms with van der Waals surface area (Å²) in [6.45, 7) is 2.08. The fraction of sp³-hybridized carbons (Fsp3) is 0.238. The number of carboxylic acids is 1. The fourth-order valence-corrected chi connectivity index (χ4v) is 4.98. The van der Waals surface area contributed by atoms with Crippen LogP contribution in [-0.4, -0.2) is 16.1 Å². The Kier molecular flexibility index (Phi) is 4.74. The topological polar surface area (TPSA) is 50.2 Å². The van der Waals surface area contributed by atoms with Gasteiger partial charge in [0, 0.05) is 11.8 Å². The van der Waals surface area contributed by atoms with Crippen molar-refractivity contribution < 1.29 is 14.3 Å². The van der Waals surface area contributed by atoms with Gasteiger partial charge in [0.25, 0.3) is 0 Å². The molecule has 1 atom stereocenters. The number of fused-ring (bicyclic) bond motifs is 1. The number of carboxylic acid groups (broad SMARTS) is 1. The number of benzene rings is 2. The van der Waals surface area contributed by atoms with Gasteiger partial charge in [-0.2, -0.15) is 0 Å². The zero-order valence-electron chi connectivity index (χ0n) is 14.6. The van der Waals surface area contributed by atoms with Crippen LogP contribution in [0.15, 0.2) is 36.5 Å². The van der Waals surface area contributed by atoms with Crippen LogP contribution in [0, 0.1) is 12.7 Å². The van der Waals surface area contributed by atoms with Crippen molar-refractivity contribution in [1.29, 1.82) is 0 Å². The molecule has 1 aromatic heterocycles. The van der Waals surface area contributed by atoms with E-state index >= 15 is 0 Å². The number of hydrogen-bond donors (Lipinski definition) is 1. The van der Waals surface area contributed by atoms with E-state index < -0.39 is 11.8 Å². The maximum Gasteiger partial charge on any atom is 0.303 e. The molecule has 0 bridgehead atoms. The van der Waals surface area contributed by atoms with Crippen molar-refractivity contribution in [3.8, 4) is 21.0 Å². The number of halogens is 2. The first-order chi connectivity index (χ1) is 12.9. The molecule has 0 amide bonds. The van der Waals surface area contributed by atoms with Crippen molar-refractivity contribution >= 4 is 28.9 Å². The molecule has 3 nitrogen and oxygen atoms in total. The first-order valence-corrected chi connectivity index (χ1v) is 9.89. The zero-order chi connectivity index (χ0) is 19.1. The third-order valence-corrected chi connectivity index (χ3v) is 6.55. The maximum absolute atomic E-state index is 13.4. The van der Waals surface area contributed by atoms with Crippen molar-refractivity contribution in [3.63, 3.8) is 0 Å². The third-order valence-electron chi connectivity index (χ3n) is 5.18. The molecular formula is C21H17ClFNO2S. The molecule has 1 N–H and O–H groups in total. The molecule has 0 spiro atoms. The molecule has 6 heteroatoms. The molecule has 27 heavy (non-hydrogen) atoms. The molecule has 0 fully saturated rings. The lowest BCUT2D eigenvalue weighted by Crippen LogP contribution is -2.03. The highest BCUT2D eigenvalue weighted by atomic mass is 35.5. The second-order valence-corrected chi connectivity index (χ2v) is 8.24. The van der Waals surface area contributed by atoms with Gasteiger partial charge in [-0.1, -0.05) is 29.8 Å². The lowest BCUT2D eigenvalue weighted by molar-refractivity contribution is -0.137. The van der Waals surface area contributed by atoms with E-state index in [-0.39, 0.29) is 17.4 Å². The zero-order valence-corrected chi connectivity index (χ0v) is 16.2. The summed E-state index contributed by atoms with van der Waals surface area (Å²) in [4.78, 5) is 16.6. The second-order valence-electron chi connectivity index (χ2n) is 6.80. The van der Waals surface area contributed by atoms with Crippen LogP contribution in [0.3, 0.4) is 0 Å². The van der Waals surface area contributed by atoms with Crippen LogP contribution < -0.4 is 0 Å². The van der Waals surface area contributed by atoms with Crippen LogP contribution in [0.4, 0.5) is 4.39 Å². The predicted molar refractivity (Wildman–Crippen MR) is 106 cm³/mol. The molecule has 0 saturated carbocycles. The van der Waals surface area contributed by atoms with Gasteiger partial charge in [0.15, 0.2) is 0 Å². The Morgan fingerprint density at radius 2 is 2.19 bits per heavy atom. The largest absolute Gasteiger partial charge is 0.481 e. The molecule has 2 aromatic carbocycles. The van der Waals surface area contributed by atoms with E-state index in [1.807, 2.05) is 12.1 Å². The van der Waals surface area contributed by atoms with Crippen LogP contribution >= 0.6 is 22.9 Å². The smallest absolute Gasteiger partial charge is 0.303 e. The number of thiazole rings is 1. The Bertz CT molecular complexity index is 1050. The maximum atomic E-state index is 13.4. The minimum Gasteiger partial charge on any atom is -0.481 e. The Morgan fingerprint density at radius 1 is 1.37 bits per heavy atom. The first-order valence-electron chi connectivity index (χ1n) is 8.70. The Hall–Kier alpha value is -2.24. The molecule has 0 aliphatic heterocycles. The molecule has 1 unspecified atom stereocenters. The Balaban J connectivity index is 1.68. The van der Waals surface area contributed by atoms with Crippen LogP contribution in [0.2, 0.25) is 5.02 Å². The molecular weight excluding hydrogens is 385 g/mol. The number of rotatable bonds is 4. The van der Waals surface area contributed by atoms with Crippen LogP contribution in [0.5, 0.6) is 0 Å².